The number of hydrogen-bond donors (Lipinski definition) is 1. The summed E-state index contributed by atoms with van der Waals surface area (Å²) in [5.41, 5.74) is 1.30. The quantitative estimate of drug-likeness (QED) is 0.635. The van der Waals surface area contributed by atoms with Gasteiger partial charge in [0.05, 0.1) is 5.69 Å². The summed E-state index contributed by atoms with van der Waals surface area (Å²) in [4.78, 5) is 5.75. The molecule has 3 nitrogen and oxygen atoms in total. The maximum atomic E-state index is 4.65. The Morgan fingerprint density at radius 1 is 1.50 bits per heavy atom. The third kappa shape index (κ3) is 2.42. The van der Waals surface area contributed by atoms with Crippen molar-refractivity contribution in [3.8, 4) is 0 Å². The summed E-state index contributed by atoms with van der Waals surface area (Å²) in [6, 6.07) is 0. The monoisotopic (exact) mass is 255 g/mol. The number of thiazole rings is 1. The topological polar surface area (TPSA) is 29.3 Å². The number of hydrogen-bond acceptors (Lipinski definition) is 4. The summed E-state index contributed by atoms with van der Waals surface area (Å²) in [7, 11) is 0. The van der Waals surface area contributed by atoms with E-state index < -0.39 is 0 Å². The van der Waals surface area contributed by atoms with Gasteiger partial charge in [-0.15, -0.1) is 23.1 Å². The molecule has 0 spiro atoms. The van der Waals surface area contributed by atoms with Gasteiger partial charge in [0, 0.05) is 18.1 Å². The zero-order chi connectivity index (χ0) is 11.4. The van der Waals surface area contributed by atoms with Gasteiger partial charge in [-0.3, -0.25) is 4.40 Å². The van der Waals surface area contributed by atoms with Crippen LogP contribution in [0.5, 0.6) is 0 Å². The van der Waals surface area contributed by atoms with Crippen LogP contribution < -0.4 is 5.32 Å². The largest absolute Gasteiger partial charge is 0.311 e. The molecule has 0 aliphatic rings. The van der Waals surface area contributed by atoms with Crippen LogP contribution in [0.2, 0.25) is 0 Å². The van der Waals surface area contributed by atoms with Gasteiger partial charge in [0.15, 0.2) is 4.96 Å². The molecule has 2 heterocycles. The van der Waals surface area contributed by atoms with E-state index in [9.17, 15) is 0 Å². The fourth-order valence-electron chi connectivity index (χ4n) is 1.61. The molecule has 0 bridgehead atoms. The van der Waals surface area contributed by atoms with Gasteiger partial charge in [-0.25, -0.2) is 4.98 Å². The van der Waals surface area contributed by atoms with Crippen molar-refractivity contribution in [2.45, 2.75) is 31.8 Å². The highest BCUT2D eigenvalue weighted by molar-refractivity contribution is 7.99. The standard InChI is InChI=1S/C11H17N3S2/c1-3-5-12-8-9-10(15-4-2)13-11-14(9)6-7-16-11/h6-7,12H,3-5,8H2,1-2H3. The van der Waals surface area contributed by atoms with Crippen LogP contribution >= 0.6 is 23.1 Å². The van der Waals surface area contributed by atoms with Crippen LogP contribution in [-0.2, 0) is 6.54 Å². The molecule has 88 valence electrons. The molecule has 0 atom stereocenters. The molecule has 0 saturated heterocycles. The first-order valence-electron chi connectivity index (χ1n) is 5.64. The molecule has 0 unspecified atom stereocenters. The van der Waals surface area contributed by atoms with Crippen molar-refractivity contribution in [1.82, 2.24) is 14.7 Å². The lowest BCUT2D eigenvalue weighted by Gasteiger charge is -2.04. The van der Waals surface area contributed by atoms with E-state index in [1.165, 1.54) is 17.1 Å². The Balaban J connectivity index is 2.22. The van der Waals surface area contributed by atoms with Crippen LogP contribution in [0.15, 0.2) is 16.6 Å². The number of aromatic nitrogens is 2. The van der Waals surface area contributed by atoms with Crippen molar-refractivity contribution in [3.05, 3.63) is 17.3 Å². The summed E-state index contributed by atoms with van der Waals surface area (Å²) < 4.78 is 2.20. The van der Waals surface area contributed by atoms with Crippen molar-refractivity contribution in [2.24, 2.45) is 0 Å². The predicted molar refractivity (Wildman–Crippen MR) is 71.5 cm³/mol. The van der Waals surface area contributed by atoms with E-state index in [-0.39, 0.29) is 0 Å². The molecule has 0 aromatic carbocycles. The molecule has 0 fully saturated rings. The average molecular weight is 255 g/mol. The summed E-state index contributed by atoms with van der Waals surface area (Å²) in [6.07, 6.45) is 3.28. The summed E-state index contributed by atoms with van der Waals surface area (Å²) in [6.45, 7) is 6.33. The number of nitrogens with one attached hydrogen (secondary N) is 1. The predicted octanol–water partition coefficient (Wildman–Crippen LogP) is 3.01. The van der Waals surface area contributed by atoms with Gasteiger partial charge in [-0.05, 0) is 18.7 Å². The smallest absolute Gasteiger partial charge is 0.194 e. The van der Waals surface area contributed by atoms with Crippen LogP contribution in [0.25, 0.3) is 4.96 Å². The molecular weight excluding hydrogens is 238 g/mol. The van der Waals surface area contributed by atoms with E-state index in [1.54, 1.807) is 11.3 Å². The Labute approximate surface area is 104 Å². The van der Waals surface area contributed by atoms with Gasteiger partial charge < -0.3 is 5.32 Å². The number of nitrogens with zero attached hydrogens (tertiary/aromatic N) is 2. The number of fused-ring (bicyclic) bond motifs is 1. The molecule has 0 aliphatic carbocycles. The molecule has 2 aromatic rings. The van der Waals surface area contributed by atoms with Gasteiger partial charge in [-0.2, -0.15) is 0 Å². The van der Waals surface area contributed by atoms with Crippen LogP contribution in [0.3, 0.4) is 0 Å². The normalized spacial score (nSPS) is 11.4. The highest BCUT2D eigenvalue weighted by Crippen LogP contribution is 2.25. The van der Waals surface area contributed by atoms with Gasteiger partial charge in [-0.1, -0.05) is 13.8 Å². The van der Waals surface area contributed by atoms with Crippen LogP contribution in [0.4, 0.5) is 0 Å². The Morgan fingerprint density at radius 2 is 2.38 bits per heavy atom. The van der Waals surface area contributed by atoms with E-state index >= 15 is 0 Å². The lowest BCUT2D eigenvalue weighted by atomic mass is 10.4. The molecule has 0 amide bonds. The van der Waals surface area contributed by atoms with E-state index in [4.69, 9.17) is 0 Å². The average Bonchev–Trinajstić information content (AvgIpc) is 2.82. The van der Waals surface area contributed by atoms with E-state index in [0.29, 0.717) is 0 Å². The number of rotatable bonds is 6. The molecule has 1 N–H and O–H groups in total. The fraction of sp³-hybridized carbons (Fsp3) is 0.545. The maximum Gasteiger partial charge on any atom is 0.194 e. The minimum Gasteiger partial charge on any atom is -0.311 e. The molecule has 0 radical (unpaired) electrons. The molecular formula is C11H17N3S2. The highest BCUT2D eigenvalue weighted by Gasteiger charge is 2.12. The minimum absolute atomic E-state index is 0.911. The van der Waals surface area contributed by atoms with E-state index in [1.807, 2.05) is 11.8 Å². The summed E-state index contributed by atoms with van der Waals surface area (Å²) in [5, 5.41) is 6.72. The van der Waals surface area contributed by atoms with Crippen molar-refractivity contribution < 1.29 is 0 Å². The third-order valence-electron chi connectivity index (χ3n) is 2.32. The van der Waals surface area contributed by atoms with Crippen molar-refractivity contribution in [2.75, 3.05) is 12.3 Å². The lowest BCUT2D eigenvalue weighted by molar-refractivity contribution is 0.653. The second-order valence-corrected chi connectivity index (χ2v) is 5.65. The Kier molecular flexibility index (Phi) is 4.26. The van der Waals surface area contributed by atoms with Gasteiger partial charge >= 0.3 is 0 Å². The second-order valence-electron chi connectivity index (χ2n) is 3.53. The second kappa shape index (κ2) is 5.70. The Hall–Kier alpha value is -0.520. The Bertz CT molecular complexity index is 447. The highest BCUT2D eigenvalue weighted by atomic mass is 32.2. The maximum absolute atomic E-state index is 4.65. The zero-order valence-corrected chi connectivity index (χ0v) is 11.3. The number of imidazole rings is 1. The van der Waals surface area contributed by atoms with Crippen LogP contribution in [0.1, 0.15) is 26.0 Å². The first-order chi connectivity index (χ1) is 7.86. The molecule has 2 rings (SSSR count). The van der Waals surface area contributed by atoms with Crippen LogP contribution in [0, 0.1) is 0 Å². The minimum atomic E-state index is 0.911. The SMILES string of the molecule is CCCNCc1c(SCC)nc2sccn12. The fourth-order valence-corrected chi connectivity index (χ4v) is 3.16. The molecule has 2 aromatic heterocycles. The zero-order valence-electron chi connectivity index (χ0n) is 9.69. The van der Waals surface area contributed by atoms with E-state index in [0.717, 1.165) is 23.8 Å². The van der Waals surface area contributed by atoms with Gasteiger partial charge in [0.25, 0.3) is 0 Å². The first kappa shape index (κ1) is 12.0. The first-order valence-corrected chi connectivity index (χ1v) is 7.51. The summed E-state index contributed by atoms with van der Waals surface area (Å²) >= 11 is 3.52. The molecule has 16 heavy (non-hydrogen) atoms. The third-order valence-corrected chi connectivity index (χ3v) is 3.97. The van der Waals surface area contributed by atoms with Gasteiger partial charge in [0.2, 0.25) is 0 Å². The van der Waals surface area contributed by atoms with Crippen molar-refractivity contribution in [3.63, 3.8) is 0 Å². The van der Waals surface area contributed by atoms with Gasteiger partial charge in [0.1, 0.15) is 5.03 Å². The van der Waals surface area contributed by atoms with E-state index in [2.05, 4.69) is 40.1 Å². The molecule has 0 aliphatic heterocycles. The summed E-state index contributed by atoms with van der Waals surface area (Å²) in [5.74, 6) is 1.08. The van der Waals surface area contributed by atoms with Crippen molar-refractivity contribution in [1.29, 1.82) is 0 Å². The van der Waals surface area contributed by atoms with Crippen LogP contribution in [-0.4, -0.2) is 21.7 Å². The molecule has 5 heteroatoms. The Morgan fingerprint density at radius 3 is 3.12 bits per heavy atom. The number of thioether (sulfide) groups is 1. The lowest BCUT2D eigenvalue weighted by Crippen LogP contribution is -2.15. The molecule has 0 saturated carbocycles. The van der Waals surface area contributed by atoms with Crippen molar-refractivity contribution >= 4 is 28.1 Å².